The number of aromatic amines is 1. The maximum absolute atomic E-state index is 12.8. The Labute approximate surface area is 162 Å². The molecule has 1 amide bonds. The second-order valence-corrected chi connectivity index (χ2v) is 6.95. The summed E-state index contributed by atoms with van der Waals surface area (Å²) in [6.07, 6.45) is 6.88. The van der Waals surface area contributed by atoms with Crippen molar-refractivity contribution in [2.75, 3.05) is 6.54 Å². The molecule has 1 saturated heterocycles. The van der Waals surface area contributed by atoms with Crippen molar-refractivity contribution in [3.8, 4) is 0 Å². The summed E-state index contributed by atoms with van der Waals surface area (Å²) in [6, 6.07) is 15.6. The molecule has 0 saturated carbocycles. The highest BCUT2D eigenvalue weighted by Crippen LogP contribution is 2.31. The number of hydrogen-bond acceptors (Lipinski definition) is 4. The fraction of sp³-hybridized carbons (Fsp3) is 0.182. The summed E-state index contributed by atoms with van der Waals surface area (Å²) in [6.45, 7) is 0.730. The Kier molecular flexibility index (Phi) is 4.09. The summed E-state index contributed by atoms with van der Waals surface area (Å²) in [5.41, 5.74) is 4.26. The minimum atomic E-state index is -0.0297. The molecule has 4 aromatic rings. The molecule has 1 N–H and O–H groups in total. The molecule has 0 aliphatic carbocycles. The Morgan fingerprint density at radius 1 is 1.04 bits per heavy atom. The molecule has 2 aromatic carbocycles. The van der Waals surface area contributed by atoms with E-state index in [1.807, 2.05) is 53.4 Å². The van der Waals surface area contributed by atoms with Gasteiger partial charge in [-0.25, -0.2) is 9.97 Å². The summed E-state index contributed by atoms with van der Waals surface area (Å²) in [4.78, 5) is 31.7. The lowest BCUT2D eigenvalue weighted by molar-refractivity contribution is -0.126. The van der Waals surface area contributed by atoms with Gasteiger partial charge in [0.25, 0.3) is 0 Å². The van der Waals surface area contributed by atoms with Gasteiger partial charge in [0.15, 0.2) is 0 Å². The average molecular weight is 369 g/mol. The molecule has 3 heterocycles. The second-order valence-electron chi connectivity index (χ2n) is 6.95. The van der Waals surface area contributed by atoms with Gasteiger partial charge in [0.05, 0.1) is 40.0 Å². The average Bonchev–Trinajstić information content (AvgIpc) is 3.38. The first-order chi connectivity index (χ1) is 13.8. The fourth-order valence-electron chi connectivity index (χ4n) is 3.75. The number of likely N-dealkylation sites (tertiary alicyclic amines) is 1. The minimum absolute atomic E-state index is 0.0211. The quantitative estimate of drug-likeness (QED) is 0.556. The van der Waals surface area contributed by atoms with Gasteiger partial charge in [0, 0.05) is 12.6 Å². The zero-order valence-corrected chi connectivity index (χ0v) is 15.2. The number of H-pyrrole nitrogens is 1. The third kappa shape index (κ3) is 3.03. The molecule has 28 heavy (non-hydrogen) atoms. The van der Waals surface area contributed by atoms with Gasteiger partial charge >= 0.3 is 0 Å². The van der Waals surface area contributed by atoms with Crippen molar-refractivity contribution in [1.82, 2.24) is 24.8 Å². The van der Waals surface area contributed by atoms with E-state index in [0.29, 0.717) is 5.69 Å². The molecule has 6 nitrogen and oxygen atoms in total. The molecule has 1 atom stereocenters. The molecule has 138 valence electrons. The lowest BCUT2D eigenvalue weighted by Crippen LogP contribution is -2.29. The Bertz CT molecular complexity index is 1160. The lowest BCUT2D eigenvalue weighted by Gasteiger charge is -2.21. The first kappa shape index (κ1) is 16.6. The van der Waals surface area contributed by atoms with E-state index in [9.17, 15) is 4.79 Å². The van der Waals surface area contributed by atoms with Crippen LogP contribution in [0.25, 0.3) is 28.1 Å². The van der Waals surface area contributed by atoms with Gasteiger partial charge in [-0.1, -0.05) is 24.3 Å². The van der Waals surface area contributed by atoms with E-state index in [1.165, 1.54) is 0 Å². The number of nitrogens with one attached hydrogen (secondary N) is 1. The third-order valence-electron chi connectivity index (χ3n) is 5.12. The van der Waals surface area contributed by atoms with Crippen molar-refractivity contribution >= 4 is 34.1 Å². The van der Waals surface area contributed by atoms with Gasteiger partial charge in [-0.05, 0) is 43.2 Å². The van der Waals surface area contributed by atoms with E-state index in [4.69, 9.17) is 0 Å². The maximum Gasteiger partial charge on any atom is 0.247 e. The van der Waals surface area contributed by atoms with Crippen molar-refractivity contribution in [2.45, 2.75) is 18.9 Å². The lowest BCUT2D eigenvalue weighted by atomic mass is 10.2. The van der Waals surface area contributed by atoms with Gasteiger partial charge in [-0.3, -0.25) is 9.78 Å². The van der Waals surface area contributed by atoms with Gasteiger partial charge < -0.3 is 9.88 Å². The number of benzene rings is 2. The maximum atomic E-state index is 12.8. The summed E-state index contributed by atoms with van der Waals surface area (Å²) >= 11 is 0. The van der Waals surface area contributed by atoms with E-state index in [0.717, 1.165) is 47.3 Å². The van der Waals surface area contributed by atoms with Crippen LogP contribution in [0.4, 0.5) is 0 Å². The largest absolute Gasteiger partial charge is 0.340 e. The molecule has 1 aliphatic rings. The van der Waals surface area contributed by atoms with E-state index in [-0.39, 0.29) is 11.9 Å². The highest BCUT2D eigenvalue weighted by Gasteiger charge is 2.31. The molecule has 2 aromatic heterocycles. The highest BCUT2D eigenvalue weighted by molar-refractivity contribution is 5.92. The Balaban J connectivity index is 1.37. The van der Waals surface area contributed by atoms with Gasteiger partial charge in [-0.2, -0.15) is 0 Å². The number of aromatic nitrogens is 4. The van der Waals surface area contributed by atoms with Crippen molar-refractivity contribution in [2.24, 2.45) is 0 Å². The monoisotopic (exact) mass is 369 g/mol. The number of rotatable bonds is 3. The highest BCUT2D eigenvalue weighted by atomic mass is 16.2. The number of fused-ring (bicyclic) bond motifs is 2. The van der Waals surface area contributed by atoms with E-state index < -0.39 is 0 Å². The van der Waals surface area contributed by atoms with Crippen LogP contribution in [0.15, 0.2) is 60.8 Å². The number of hydrogen-bond donors (Lipinski definition) is 1. The van der Waals surface area contributed by atoms with Crippen LogP contribution in [0.3, 0.4) is 0 Å². The van der Waals surface area contributed by atoms with Crippen LogP contribution in [0.2, 0.25) is 0 Å². The van der Waals surface area contributed by atoms with Crippen LogP contribution in [-0.4, -0.2) is 37.3 Å². The molecule has 1 fully saturated rings. The van der Waals surface area contributed by atoms with Crippen molar-refractivity contribution in [1.29, 1.82) is 0 Å². The summed E-state index contributed by atoms with van der Waals surface area (Å²) in [5.74, 6) is 0.823. The Morgan fingerprint density at radius 2 is 1.82 bits per heavy atom. The second kappa shape index (κ2) is 6.88. The van der Waals surface area contributed by atoms with Crippen LogP contribution >= 0.6 is 0 Å². The first-order valence-electron chi connectivity index (χ1n) is 9.43. The fourth-order valence-corrected chi connectivity index (χ4v) is 3.75. The van der Waals surface area contributed by atoms with Crippen molar-refractivity contribution in [3.05, 3.63) is 72.3 Å². The normalized spacial score (nSPS) is 17.1. The van der Waals surface area contributed by atoms with Crippen molar-refractivity contribution in [3.63, 3.8) is 0 Å². The number of carbonyl (C=O) groups excluding carboxylic acids is 1. The van der Waals surface area contributed by atoms with E-state index in [1.54, 1.807) is 18.3 Å². The molecule has 5 rings (SSSR count). The van der Waals surface area contributed by atoms with Gasteiger partial charge in [0.2, 0.25) is 5.91 Å². The Morgan fingerprint density at radius 3 is 2.68 bits per heavy atom. The predicted molar refractivity (Wildman–Crippen MR) is 108 cm³/mol. The summed E-state index contributed by atoms with van der Waals surface area (Å²) < 4.78 is 0. The first-order valence-corrected chi connectivity index (χ1v) is 9.43. The van der Waals surface area contributed by atoms with E-state index >= 15 is 0 Å². The summed E-state index contributed by atoms with van der Waals surface area (Å²) in [5, 5.41) is 0. The predicted octanol–water partition coefficient (Wildman–Crippen LogP) is 3.88. The number of imidazole rings is 1. The van der Waals surface area contributed by atoms with Crippen LogP contribution in [-0.2, 0) is 4.79 Å². The molecular formula is C22H19N5O. The third-order valence-corrected chi connectivity index (χ3v) is 5.12. The number of amides is 1. The number of para-hydroxylation sites is 4. The zero-order valence-electron chi connectivity index (χ0n) is 15.2. The SMILES string of the molecule is O=C(/C=C/c1cnc2ccccc2n1)N1CCCC1c1nc2ccccc2[nH]1. The molecule has 1 unspecified atom stereocenters. The van der Waals surface area contributed by atoms with Crippen LogP contribution in [0.1, 0.15) is 30.4 Å². The van der Waals surface area contributed by atoms with Crippen LogP contribution in [0.5, 0.6) is 0 Å². The van der Waals surface area contributed by atoms with Crippen LogP contribution < -0.4 is 0 Å². The summed E-state index contributed by atoms with van der Waals surface area (Å²) in [7, 11) is 0. The standard InChI is InChI=1S/C22H19N5O/c28-21(12-11-15-14-23-16-6-1-2-7-17(16)24-15)27-13-5-10-20(27)22-25-18-8-3-4-9-19(18)26-22/h1-4,6-9,11-12,14,20H,5,10,13H2,(H,25,26)/b12-11+. The molecule has 1 aliphatic heterocycles. The number of nitrogens with zero attached hydrogens (tertiary/aromatic N) is 4. The smallest absolute Gasteiger partial charge is 0.247 e. The van der Waals surface area contributed by atoms with Crippen molar-refractivity contribution < 1.29 is 4.79 Å². The molecular weight excluding hydrogens is 350 g/mol. The van der Waals surface area contributed by atoms with Gasteiger partial charge in [-0.15, -0.1) is 0 Å². The molecule has 6 heteroatoms. The zero-order chi connectivity index (χ0) is 18.9. The molecule has 0 spiro atoms. The molecule has 0 bridgehead atoms. The van der Waals surface area contributed by atoms with Gasteiger partial charge in [0.1, 0.15) is 5.82 Å². The number of carbonyl (C=O) groups is 1. The topological polar surface area (TPSA) is 74.8 Å². The van der Waals surface area contributed by atoms with Crippen LogP contribution in [0, 0.1) is 0 Å². The molecule has 0 radical (unpaired) electrons. The Hall–Kier alpha value is -3.54. The van der Waals surface area contributed by atoms with E-state index in [2.05, 4.69) is 19.9 Å². The minimum Gasteiger partial charge on any atom is -0.340 e.